The summed E-state index contributed by atoms with van der Waals surface area (Å²) in [7, 11) is 0. The maximum Gasteiger partial charge on any atom is 0.148 e. The fourth-order valence-electron chi connectivity index (χ4n) is 1.25. The topological polar surface area (TPSA) is 81.2 Å². The second-order valence-electron chi connectivity index (χ2n) is 4.10. The van der Waals surface area contributed by atoms with Crippen molar-refractivity contribution in [2.24, 2.45) is 11.7 Å². The lowest BCUT2D eigenvalue weighted by Crippen LogP contribution is -2.15. The number of hydrogen-bond acceptors (Lipinski definition) is 4. The van der Waals surface area contributed by atoms with Crippen LogP contribution in [0.1, 0.15) is 19.4 Å². The molecular weight excluding hydrogens is 218 g/mol. The largest absolute Gasteiger partial charge is 0.489 e. The van der Waals surface area contributed by atoms with Crippen molar-refractivity contribution in [3.8, 4) is 5.75 Å². The van der Waals surface area contributed by atoms with Crippen LogP contribution in [0, 0.1) is 11.3 Å². The molecule has 0 atom stereocenters. The molecule has 3 N–H and O–H groups in total. The van der Waals surface area contributed by atoms with Gasteiger partial charge in [-0.3, -0.25) is 10.4 Å². The second-order valence-corrected chi connectivity index (χ2v) is 4.10. The lowest BCUT2D eigenvalue weighted by Gasteiger charge is -2.10. The molecule has 0 aliphatic rings. The predicted molar refractivity (Wildman–Crippen MR) is 66.4 cm³/mol. The van der Waals surface area contributed by atoms with E-state index in [0.29, 0.717) is 30.4 Å². The molecule has 0 spiro atoms. The van der Waals surface area contributed by atoms with Crippen molar-refractivity contribution in [2.75, 3.05) is 19.8 Å². The summed E-state index contributed by atoms with van der Waals surface area (Å²) < 4.78 is 10.9. The molecule has 5 heteroatoms. The van der Waals surface area contributed by atoms with Gasteiger partial charge in [0.25, 0.3) is 0 Å². The van der Waals surface area contributed by atoms with Crippen molar-refractivity contribution < 1.29 is 9.47 Å². The fourth-order valence-corrected chi connectivity index (χ4v) is 1.25. The monoisotopic (exact) mass is 237 g/mol. The van der Waals surface area contributed by atoms with E-state index in [2.05, 4.69) is 18.8 Å². The summed E-state index contributed by atoms with van der Waals surface area (Å²) in [5.41, 5.74) is 5.99. The van der Waals surface area contributed by atoms with Crippen LogP contribution in [-0.4, -0.2) is 30.6 Å². The Hall–Kier alpha value is -1.62. The standard InChI is InChI=1S/C12H19N3O2/c1-9(2)8-16-5-6-17-11-7-15-4-3-10(11)12(13)14/h3-4,7,9H,5-6,8H2,1-2H3,(H3,13,14). The number of nitrogens with two attached hydrogens (primary N) is 1. The molecule has 1 aromatic heterocycles. The van der Waals surface area contributed by atoms with Crippen LogP contribution in [0.5, 0.6) is 5.75 Å². The molecule has 0 unspecified atom stereocenters. The van der Waals surface area contributed by atoms with Gasteiger partial charge in [0.1, 0.15) is 18.2 Å². The molecular formula is C12H19N3O2. The van der Waals surface area contributed by atoms with Crippen LogP contribution in [0.15, 0.2) is 18.5 Å². The van der Waals surface area contributed by atoms with Gasteiger partial charge in [-0.2, -0.15) is 0 Å². The zero-order chi connectivity index (χ0) is 12.7. The van der Waals surface area contributed by atoms with E-state index in [1.54, 1.807) is 18.5 Å². The van der Waals surface area contributed by atoms with Gasteiger partial charge in [0, 0.05) is 12.8 Å². The molecule has 0 aromatic carbocycles. The molecule has 5 nitrogen and oxygen atoms in total. The van der Waals surface area contributed by atoms with Gasteiger partial charge in [-0.25, -0.2) is 0 Å². The van der Waals surface area contributed by atoms with Gasteiger partial charge in [0.05, 0.1) is 18.4 Å². The molecule has 0 saturated carbocycles. The Morgan fingerprint density at radius 2 is 2.24 bits per heavy atom. The van der Waals surface area contributed by atoms with Crippen molar-refractivity contribution >= 4 is 5.84 Å². The first-order valence-corrected chi connectivity index (χ1v) is 5.60. The Balaban J connectivity index is 2.39. The summed E-state index contributed by atoms with van der Waals surface area (Å²) in [5, 5.41) is 7.39. The molecule has 0 fully saturated rings. The molecule has 1 rings (SSSR count). The number of ether oxygens (including phenoxy) is 2. The minimum absolute atomic E-state index is 0.0227. The van der Waals surface area contributed by atoms with Crippen LogP contribution >= 0.6 is 0 Å². The van der Waals surface area contributed by atoms with Crippen molar-refractivity contribution in [3.63, 3.8) is 0 Å². The molecule has 94 valence electrons. The highest BCUT2D eigenvalue weighted by molar-refractivity contribution is 5.97. The van der Waals surface area contributed by atoms with Crippen LogP contribution in [0.2, 0.25) is 0 Å². The molecule has 17 heavy (non-hydrogen) atoms. The van der Waals surface area contributed by atoms with E-state index in [-0.39, 0.29) is 5.84 Å². The normalized spacial score (nSPS) is 10.5. The third-order valence-electron chi connectivity index (χ3n) is 2.01. The van der Waals surface area contributed by atoms with E-state index < -0.39 is 0 Å². The van der Waals surface area contributed by atoms with E-state index >= 15 is 0 Å². The van der Waals surface area contributed by atoms with E-state index in [1.807, 2.05) is 0 Å². The number of hydrogen-bond donors (Lipinski definition) is 2. The lowest BCUT2D eigenvalue weighted by molar-refractivity contribution is 0.0817. The lowest BCUT2D eigenvalue weighted by atomic mass is 10.2. The van der Waals surface area contributed by atoms with Gasteiger partial charge in [0.2, 0.25) is 0 Å². The van der Waals surface area contributed by atoms with Gasteiger partial charge < -0.3 is 15.2 Å². The summed E-state index contributed by atoms with van der Waals surface area (Å²) in [6.45, 7) is 5.85. The van der Waals surface area contributed by atoms with Crippen molar-refractivity contribution in [3.05, 3.63) is 24.0 Å². The van der Waals surface area contributed by atoms with Crippen LogP contribution in [0.3, 0.4) is 0 Å². The molecule has 0 saturated heterocycles. The van der Waals surface area contributed by atoms with Crippen molar-refractivity contribution in [1.29, 1.82) is 5.41 Å². The van der Waals surface area contributed by atoms with Gasteiger partial charge >= 0.3 is 0 Å². The Kier molecular flexibility index (Phi) is 5.42. The molecule has 0 amide bonds. The van der Waals surface area contributed by atoms with E-state index in [9.17, 15) is 0 Å². The van der Waals surface area contributed by atoms with Crippen molar-refractivity contribution in [2.45, 2.75) is 13.8 Å². The first-order chi connectivity index (χ1) is 8.11. The summed E-state index contributed by atoms with van der Waals surface area (Å²) >= 11 is 0. The minimum atomic E-state index is -0.0227. The Morgan fingerprint density at radius 1 is 1.47 bits per heavy atom. The molecule has 0 aliphatic heterocycles. The van der Waals surface area contributed by atoms with Gasteiger partial charge in [-0.15, -0.1) is 0 Å². The third kappa shape index (κ3) is 4.82. The Bertz CT molecular complexity index is 367. The number of amidine groups is 1. The summed E-state index contributed by atoms with van der Waals surface area (Å²) in [6, 6.07) is 1.66. The Labute approximate surface area is 101 Å². The molecule has 0 bridgehead atoms. The smallest absolute Gasteiger partial charge is 0.148 e. The second kappa shape index (κ2) is 6.85. The summed E-state index contributed by atoms with van der Waals surface area (Å²) in [5.74, 6) is 1.01. The maximum atomic E-state index is 7.39. The Morgan fingerprint density at radius 3 is 2.88 bits per heavy atom. The molecule has 1 aromatic rings. The van der Waals surface area contributed by atoms with Crippen molar-refractivity contribution in [1.82, 2.24) is 4.98 Å². The highest BCUT2D eigenvalue weighted by Gasteiger charge is 2.05. The number of nitrogens with one attached hydrogen (secondary N) is 1. The average Bonchev–Trinajstić information content (AvgIpc) is 2.28. The molecule has 1 heterocycles. The van der Waals surface area contributed by atoms with Gasteiger partial charge in [-0.05, 0) is 12.0 Å². The number of rotatable bonds is 7. The minimum Gasteiger partial charge on any atom is -0.489 e. The number of aromatic nitrogens is 1. The SMILES string of the molecule is CC(C)COCCOc1cnccc1C(=N)N. The highest BCUT2D eigenvalue weighted by Crippen LogP contribution is 2.15. The maximum absolute atomic E-state index is 7.39. The third-order valence-corrected chi connectivity index (χ3v) is 2.01. The predicted octanol–water partition coefficient (Wildman–Crippen LogP) is 1.42. The first kappa shape index (κ1) is 13.4. The quantitative estimate of drug-likeness (QED) is 0.427. The van der Waals surface area contributed by atoms with Crippen LogP contribution in [0.25, 0.3) is 0 Å². The summed E-state index contributed by atoms with van der Waals surface area (Å²) in [4.78, 5) is 3.94. The highest BCUT2D eigenvalue weighted by atomic mass is 16.5. The number of nitrogen functional groups attached to an aromatic ring is 1. The average molecular weight is 237 g/mol. The van der Waals surface area contributed by atoms with E-state index in [4.69, 9.17) is 20.6 Å². The number of pyridine rings is 1. The zero-order valence-electron chi connectivity index (χ0n) is 10.3. The van der Waals surface area contributed by atoms with Gasteiger partial charge in [0.15, 0.2) is 0 Å². The van der Waals surface area contributed by atoms with Crippen LogP contribution < -0.4 is 10.5 Å². The zero-order valence-corrected chi connectivity index (χ0v) is 10.3. The fraction of sp³-hybridized carbons (Fsp3) is 0.500. The van der Waals surface area contributed by atoms with Gasteiger partial charge in [-0.1, -0.05) is 13.8 Å². The van der Waals surface area contributed by atoms with Crippen LogP contribution in [0.4, 0.5) is 0 Å². The van der Waals surface area contributed by atoms with E-state index in [0.717, 1.165) is 6.61 Å². The first-order valence-electron chi connectivity index (χ1n) is 5.60. The van der Waals surface area contributed by atoms with E-state index in [1.165, 1.54) is 0 Å². The van der Waals surface area contributed by atoms with Crippen LogP contribution in [-0.2, 0) is 4.74 Å². The number of nitrogens with zero attached hydrogens (tertiary/aromatic N) is 1. The molecule has 0 aliphatic carbocycles. The summed E-state index contributed by atoms with van der Waals surface area (Å²) in [6.07, 6.45) is 3.14. The molecule has 0 radical (unpaired) electrons.